The maximum atomic E-state index is 14.5. The average molecular weight is 986 g/mol. The second-order valence-electron chi connectivity index (χ2n) is 17.0. The molecule has 17 heteroatoms. The highest BCUT2D eigenvalue weighted by molar-refractivity contribution is 8.00. The van der Waals surface area contributed by atoms with E-state index in [4.69, 9.17) is 19.3 Å². The van der Waals surface area contributed by atoms with Crippen LogP contribution in [0.5, 0.6) is 0 Å². The number of hydrogen-bond donors (Lipinski definition) is 2. The molecule has 2 aliphatic heterocycles. The number of amides is 2. The summed E-state index contributed by atoms with van der Waals surface area (Å²) in [5.74, 6) is -3.67. The lowest BCUT2D eigenvalue weighted by atomic mass is 9.77. The van der Waals surface area contributed by atoms with Crippen LogP contribution < -0.4 is 10.6 Å². The second kappa shape index (κ2) is 21.0. The predicted octanol–water partition coefficient (Wildman–Crippen LogP) is 9.71. The van der Waals surface area contributed by atoms with Crippen LogP contribution in [0.1, 0.15) is 60.4 Å². The number of ether oxygens (including phenoxy) is 2. The van der Waals surface area contributed by atoms with Gasteiger partial charge in [0.05, 0.1) is 0 Å². The number of anilines is 1. The van der Waals surface area contributed by atoms with Crippen molar-refractivity contribution in [3.63, 3.8) is 0 Å². The molecule has 5 aromatic carbocycles. The fraction of sp³-hybridized carbons (Fsp3) is 0.208. The molecule has 358 valence electrons. The molecular weight excluding hydrogens is 940 g/mol. The van der Waals surface area contributed by atoms with E-state index in [0.717, 1.165) is 39.4 Å². The summed E-state index contributed by atoms with van der Waals surface area (Å²) in [5.41, 5.74) is 1.14. The number of carbonyl (C=O) groups is 4. The summed E-state index contributed by atoms with van der Waals surface area (Å²) in [6.45, 7) is 4.37. The van der Waals surface area contributed by atoms with E-state index in [0.29, 0.717) is 16.3 Å². The van der Waals surface area contributed by atoms with Gasteiger partial charge in [0.25, 0.3) is 11.8 Å². The maximum absolute atomic E-state index is 14.5. The summed E-state index contributed by atoms with van der Waals surface area (Å²) < 4.78 is 52.2. The number of thioether (sulfide) groups is 1. The Bertz CT molecular complexity index is 2780. The number of benzene rings is 5. The van der Waals surface area contributed by atoms with Gasteiger partial charge in [-0.1, -0.05) is 163 Å². The zero-order valence-corrected chi connectivity index (χ0v) is 39.6. The molecule has 1 unspecified atom stereocenters. The Labute approximate surface area is 410 Å². The normalized spacial score (nSPS) is 16.4. The van der Waals surface area contributed by atoms with Crippen LogP contribution in [0.25, 0.3) is 0 Å². The lowest BCUT2D eigenvalue weighted by Crippen LogP contribution is -2.71. The number of nitrogens with one attached hydrogen (secondary N) is 2. The van der Waals surface area contributed by atoms with E-state index in [2.05, 4.69) is 15.8 Å². The fourth-order valence-electron chi connectivity index (χ4n) is 8.02. The lowest BCUT2D eigenvalue weighted by molar-refractivity contribution is -0.160. The minimum atomic E-state index is -4.73. The molecule has 2 N–H and O–H groups in total. The number of halogens is 3. The molecule has 0 saturated carbocycles. The number of allylic oxidation sites excluding steroid dienone is 2. The monoisotopic (exact) mass is 985 g/mol. The Kier molecular flexibility index (Phi) is 14.7. The molecule has 2 amide bonds. The van der Waals surface area contributed by atoms with Gasteiger partial charge in [0.15, 0.2) is 16.9 Å². The minimum absolute atomic E-state index is 0.00746. The van der Waals surface area contributed by atoms with Crippen LogP contribution in [0.3, 0.4) is 0 Å². The Morgan fingerprint density at radius 1 is 0.800 bits per heavy atom. The Balaban J connectivity index is 1.10. The number of oxime groups is 1. The first-order valence-corrected chi connectivity index (χ1v) is 23.9. The van der Waals surface area contributed by atoms with Crippen molar-refractivity contribution in [1.29, 1.82) is 0 Å². The van der Waals surface area contributed by atoms with Gasteiger partial charge in [0.1, 0.15) is 33.9 Å². The quantitative estimate of drug-likeness (QED) is 0.0316. The van der Waals surface area contributed by atoms with E-state index < -0.39 is 70.9 Å². The number of nitrogens with zero attached hydrogens (tertiary/aromatic N) is 3. The van der Waals surface area contributed by atoms with Gasteiger partial charge in [-0.25, -0.2) is 14.6 Å². The highest BCUT2D eigenvalue weighted by Crippen LogP contribution is 2.43. The molecule has 1 aromatic heterocycles. The molecule has 2 atom stereocenters. The smallest absolute Gasteiger partial charge is 0.409 e. The van der Waals surface area contributed by atoms with Gasteiger partial charge in [-0.3, -0.25) is 14.5 Å². The number of aromatic nitrogens is 1. The number of rotatable bonds is 16. The molecule has 1 saturated heterocycles. The number of β-lactam (4-membered cyclic amide) rings is 1. The Hall–Kier alpha value is -7.50. The van der Waals surface area contributed by atoms with Crippen LogP contribution in [-0.4, -0.2) is 74.9 Å². The molecule has 2 aliphatic rings. The van der Waals surface area contributed by atoms with Crippen molar-refractivity contribution in [3.05, 3.63) is 214 Å². The van der Waals surface area contributed by atoms with Crippen molar-refractivity contribution in [2.75, 3.05) is 17.7 Å². The first kappa shape index (κ1) is 48.9. The largest absolute Gasteiger partial charge is 0.457 e. The SMILES string of the molecule is CC(C)(C)OC(=O)CO/N=C(\C(=O)NC1C(=O)N2C(C(=O)OC(c3ccccc3)c3ccccc3)=C(/C=C/C(F)(F)F)CS[C@H]12)c1csc(NC(c2ccccc2)(c2ccccc2)c2ccccc2)n1. The van der Waals surface area contributed by atoms with Crippen LogP contribution in [0.15, 0.2) is 186 Å². The number of hydrogen-bond acceptors (Lipinski definition) is 12. The van der Waals surface area contributed by atoms with Crippen molar-refractivity contribution in [2.45, 2.75) is 55.6 Å². The molecule has 0 bridgehead atoms. The van der Waals surface area contributed by atoms with Crippen molar-refractivity contribution in [3.8, 4) is 0 Å². The Morgan fingerprint density at radius 2 is 1.31 bits per heavy atom. The van der Waals surface area contributed by atoms with Crippen molar-refractivity contribution in [2.24, 2.45) is 5.16 Å². The minimum Gasteiger partial charge on any atom is -0.457 e. The standard InChI is InChI=1S/C53H46F3N5O7S2/c1-51(2,3)68-41(62)31-66-60-42(40-33-70-50(57-40)59-53(37-23-13-6-14-24-37,38-25-15-7-16-26-38)39-27-17-8-18-28-39)46(63)58-43-47(64)61-44(36(32-69-48(43)61)29-30-52(54,55)56)49(65)67-45(34-19-9-4-10-20-34)35-21-11-5-12-22-35/h4-30,33,43,45,48H,31-32H2,1-3H3,(H,57,59)(H,58,63)/b30-29+,60-42-/t43?,48-/m1/s1. The summed E-state index contributed by atoms with van der Waals surface area (Å²) in [6, 6.07) is 45.6. The van der Waals surface area contributed by atoms with E-state index in [1.807, 2.05) is 91.0 Å². The molecule has 6 aromatic rings. The topological polar surface area (TPSA) is 149 Å². The lowest BCUT2D eigenvalue weighted by Gasteiger charge is -2.49. The highest BCUT2D eigenvalue weighted by Gasteiger charge is 2.55. The van der Waals surface area contributed by atoms with Crippen LogP contribution in [0.4, 0.5) is 18.3 Å². The average Bonchev–Trinajstić information content (AvgIpc) is 3.82. The number of alkyl halides is 3. The molecule has 3 heterocycles. The molecule has 1 fully saturated rings. The van der Waals surface area contributed by atoms with E-state index in [1.165, 1.54) is 11.3 Å². The van der Waals surface area contributed by atoms with Crippen LogP contribution in [0.2, 0.25) is 0 Å². The van der Waals surface area contributed by atoms with Gasteiger partial charge in [0, 0.05) is 17.2 Å². The predicted molar refractivity (Wildman–Crippen MR) is 261 cm³/mol. The summed E-state index contributed by atoms with van der Waals surface area (Å²) in [4.78, 5) is 67.0. The highest BCUT2D eigenvalue weighted by atomic mass is 32.2. The molecule has 8 rings (SSSR count). The summed E-state index contributed by atoms with van der Waals surface area (Å²) >= 11 is 2.22. The molecular formula is C53H46F3N5O7S2. The molecule has 12 nitrogen and oxygen atoms in total. The van der Waals surface area contributed by atoms with E-state index >= 15 is 0 Å². The van der Waals surface area contributed by atoms with E-state index in [9.17, 15) is 32.3 Å². The molecule has 70 heavy (non-hydrogen) atoms. The first-order chi connectivity index (χ1) is 33.6. The van der Waals surface area contributed by atoms with Crippen molar-refractivity contribution in [1.82, 2.24) is 15.2 Å². The Morgan fingerprint density at radius 3 is 1.81 bits per heavy atom. The van der Waals surface area contributed by atoms with E-state index in [1.54, 1.807) is 86.8 Å². The summed E-state index contributed by atoms with van der Waals surface area (Å²) in [7, 11) is 0. The molecule has 0 radical (unpaired) electrons. The van der Waals surface area contributed by atoms with Crippen LogP contribution >= 0.6 is 23.1 Å². The van der Waals surface area contributed by atoms with Gasteiger partial charge in [-0.15, -0.1) is 23.1 Å². The third-order valence-corrected chi connectivity index (χ3v) is 13.1. The fourth-order valence-corrected chi connectivity index (χ4v) is 10.1. The summed E-state index contributed by atoms with van der Waals surface area (Å²) in [6.07, 6.45) is -4.96. The third kappa shape index (κ3) is 11.2. The second-order valence-corrected chi connectivity index (χ2v) is 19.0. The van der Waals surface area contributed by atoms with Gasteiger partial charge >= 0.3 is 18.1 Å². The molecule has 0 spiro atoms. The number of esters is 2. The number of thiazole rings is 1. The zero-order valence-electron chi connectivity index (χ0n) is 38.0. The van der Waals surface area contributed by atoms with Crippen LogP contribution in [-0.2, 0) is 39.0 Å². The van der Waals surface area contributed by atoms with Gasteiger partial charge in [-0.05, 0) is 54.2 Å². The summed E-state index contributed by atoms with van der Waals surface area (Å²) in [5, 5.41) is 11.4. The van der Waals surface area contributed by atoms with Gasteiger partial charge in [0.2, 0.25) is 6.61 Å². The van der Waals surface area contributed by atoms with Crippen molar-refractivity contribution < 1.29 is 46.7 Å². The zero-order chi connectivity index (χ0) is 49.5. The van der Waals surface area contributed by atoms with Gasteiger partial charge in [-0.2, -0.15) is 13.2 Å². The van der Waals surface area contributed by atoms with Crippen molar-refractivity contribution >= 4 is 57.7 Å². The third-order valence-electron chi connectivity index (χ3n) is 11.0. The molecule has 0 aliphatic carbocycles. The first-order valence-electron chi connectivity index (χ1n) is 22.0. The van der Waals surface area contributed by atoms with Gasteiger partial charge < -0.3 is 24.9 Å². The maximum Gasteiger partial charge on any atom is 0.409 e. The number of carbonyl (C=O) groups excluding carboxylic acids is 4. The van der Waals surface area contributed by atoms with E-state index in [-0.39, 0.29) is 28.8 Å². The number of fused-ring (bicyclic) bond motifs is 1. The van der Waals surface area contributed by atoms with Crippen LogP contribution in [0, 0.1) is 0 Å².